The van der Waals surface area contributed by atoms with Gasteiger partial charge in [-0.2, -0.15) is 0 Å². The van der Waals surface area contributed by atoms with Gasteiger partial charge in [0.1, 0.15) is 5.82 Å². The van der Waals surface area contributed by atoms with Gasteiger partial charge in [-0.15, -0.1) is 0 Å². The van der Waals surface area contributed by atoms with Crippen molar-refractivity contribution >= 4 is 5.69 Å². The number of hydrogen-bond donors (Lipinski definition) is 1. The van der Waals surface area contributed by atoms with E-state index < -0.39 is 0 Å². The number of nitrogens with two attached hydrogens (primary N) is 1. The number of halogens is 1. The van der Waals surface area contributed by atoms with E-state index in [1.807, 2.05) is 13.0 Å². The lowest BCUT2D eigenvalue weighted by Crippen LogP contribution is -2.30. The number of anilines is 1. The highest BCUT2D eigenvalue weighted by atomic mass is 19.1. The highest BCUT2D eigenvalue weighted by Crippen LogP contribution is 2.40. The van der Waals surface area contributed by atoms with Gasteiger partial charge in [0, 0.05) is 18.6 Å². The summed E-state index contributed by atoms with van der Waals surface area (Å²) < 4.78 is 14.2. The summed E-state index contributed by atoms with van der Waals surface area (Å²) in [5, 5.41) is 0. The molecule has 0 aliphatic heterocycles. The third-order valence-corrected chi connectivity index (χ3v) is 3.94. The third kappa shape index (κ3) is 2.37. The van der Waals surface area contributed by atoms with Gasteiger partial charge in [0.05, 0.1) is 5.69 Å². The lowest BCUT2D eigenvalue weighted by molar-refractivity contribution is 0.602. The van der Waals surface area contributed by atoms with Crippen LogP contribution in [0.2, 0.25) is 0 Å². The first-order valence-corrected chi connectivity index (χ1v) is 6.97. The molecule has 2 fully saturated rings. The van der Waals surface area contributed by atoms with Crippen LogP contribution in [-0.2, 0) is 0 Å². The Hall–Kier alpha value is -1.09. The van der Waals surface area contributed by atoms with Gasteiger partial charge in [-0.1, -0.05) is 12.1 Å². The van der Waals surface area contributed by atoms with Crippen LogP contribution in [0, 0.1) is 11.7 Å². The molecular weight excluding hydrogens is 227 g/mol. The molecule has 98 valence electrons. The fraction of sp³-hybridized carbons (Fsp3) is 0.600. The first-order chi connectivity index (χ1) is 8.66. The van der Waals surface area contributed by atoms with Crippen LogP contribution in [0.15, 0.2) is 18.2 Å². The summed E-state index contributed by atoms with van der Waals surface area (Å²) in [6.07, 6.45) is 4.98. The van der Waals surface area contributed by atoms with Crippen molar-refractivity contribution in [2.75, 3.05) is 11.4 Å². The molecule has 2 aliphatic rings. The van der Waals surface area contributed by atoms with Crippen LogP contribution in [0.3, 0.4) is 0 Å². The van der Waals surface area contributed by atoms with Gasteiger partial charge in [0.25, 0.3) is 0 Å². The molecule has 0 amide bonds. The second-order valence-electron chi connectivity index (χ2n) is 5.79. The predicted octanol–water partition coefficient (Wildman–Crippen LogP) is 3.22. The van der Waals surface area contributed by atoms with E-state index >= 15 is 0 Å². The molecule has 1 atom stereocenters. The first-order valence-electron chi connectivity index (χ1n) is 6.97. The van der Waals surface area contributed by atoms with Crippen LogP contribution in [0.4, 0.5) is 10.1 Å². The molecular formula is C15H21FN2. The monoisotopic (exact) mass is 248 g/mol. The molecule has 0 saturated heterocycles. The van der Waals surface area contributed by atoms with Gasteiger partial charge in [0.15, 0.2) is 0 Å². The van der Waals surface area contributed by atoms with E-state index in [4.69, 9.17) is 5.73 Å². The van der Waals surface area contributed by atoms with Gasteiger partial charge in [-0.05, 0) is 50.2 Å². The normalized spacial score (nSPS) is 20.8. The standard InChI is InChI=1S/C15H21FN2/c1-10(17)13-3-2-4-14(16)15(13)18(12-7-8-12)9-11-5-6-11/h2-4,10-12H,5-9,17H2,1H3/t10-/m0/s1. The largest absolute Gasteiger partial charge is 0.366 e. The summed E-state index contributed by atoms with van der Waals surface area (Å²) in [5.41, 5.74) is 7.71. The molecule has 0 spiro atoms. The minimum Gasteiger partial charge on any atom is -0.366 e. The van der Waals surface area contributed by atoms with Crippen LogP contribution in [0.25, 0.3) is 0 Å². The number of para-hydroxylation sites is 1. The quantitative estimate of drug-likeness (QED) is 0.867. The molecule has 2 N–H and O–H groups in total. The van der Waals surface area contributed by atoms with E-state index in [1.54, 1.807) is 12.1 Å². The Labute approximate surface area is 108 Å². The minimum atomic E-state index is -0.115. The predicted molar refractivity (Wildman–Crippen MR) is 72.1 cm³/mol. The van der Waals surface area contributed by atoms with Crippen LogP contribution >= 0.6 is 0 Å². The van der Waals surface area contributed by atoms with Crippen molar-refractivity contribution in [1.29, 1.82) is 0 Å². The van der Waals surface area contributed by atoms with E-state index in [0.717, 1.165) is 23.7 Å². The molecule has 1 aromatic carbocycles. The summed E-state index contributed by atoms with van der Waals surface area (Å²) in [6.45, 7) is 2.94. The molecule has 3 heteroatoms. The Morgan fingerprint density at radius 1 is 1.33 bits per heavy atom. The fourth-order valence-corrected chi connectivity index (χ4v) is 2.59. The van der Waals surface area contributed by atoms with Crippen molar-refractivity contribution in [3.8, 4) is 0 Å². The van der Waals surface area contributed by atoms with Crippen LogP contribution in [0.1, 0.15) is 44.2 Å². The molecule has 3 rings (SSSR count). The Kier molecular flexibility index (Phi) is 3.02. The van der Waals surface area contributed by atoms with E-state index in [9.17, 15) is 4.39 Å². The van der Waals surface area contributed by atoms with Gasteiger partial charge in [-0.3, -0.25) is 0 Å². The summed E-state index contributed by atoms with van der Waals surface area (Å²) in [6, 6.07) is 5.71. The number of hydrogen-bond acceptors (Lipinski definition) is 2. The minimum absolute atomic E-state index is 0.114. The zero-order valence-electron chi connectivity index (χ0n) is 10.9. The zero-order valence-corrected chi connectivity index (χ0v) is 10.9. The second kappa shape index (κ2) is 4.54. The summed E-state index contributed by atoms with van der Waals surface area (Å²) in [4.78, 5) is 2.28. The van der Waals surface area contributed by atoms with Crippen LogP contribution in [0.5, 0.6) is 0 Å². The maximum absolute atomic E-state index is 14.2. The maximum atomic E-state index is 14.2. The van der Waals surface area contributed by atoms with Gasteiger partial charge in [-0.25, -0.2) is 4.39 Å². The Morgan fingerprint density at radius 2 is 2.06 bits per heavy atom. The topological polar surface area (TPSA) is 29.3 Å². The average Bonchev–Trinajstić information content (AvgIpc) is 3.19. The van der Waals surface area contributed by atoms with E-state index in [1.165, 1.54) is 25.7 Å². The van der Waals surface area contributed by atoms with E-state index in [-0.39, 0.29) is 11.9 Å². The average molecular weight is 248 g/mol. The number of benzene rings is 1. The molecule has 18 heavy (non-hydrogen) atoms. The Bertz CT molecular complexity index is 436. The molecule has 0 unspecified atom stereocenters. The zero-order chi connectivity index (χ0) is 12.7. The van der Waals surface area contributed by atoms with Crippen molar-refractivity contribution in [3.05, 3.63) is 29.6 Å². The lowest BCUT2D eigenvalue weighted by atomic mass is 10.0. The van der Waals surface area contributed by atoms with Gasteiger partial charge < -0.3 is 10.6 Å². The van der Waals surface area contributed by atoms with Crippen molar-refractivity contribution in [1.82, 2.24) is 0 Å². The van der Waals surface area contributed by atoms with Crippen LogP contribution in [-0.4, -0.2) is 12.6 Å². The first kappa shape index (κ1) is 12.0. The number of nitrogens with zero attached hydrogens (tertiary/aromatic N) is 1. The van der Waals surface area contributed by atoms with E-state index in [2.05, 4.69) is 4.90 Å². The molecule has 2 nitrogen and oxygen atoms in total. The maximum Gasteiger partial charge on any atom is 0.146 e. The number of rotatable bonds is 5. The molecule has 0 bridgehead atoms. The highest BCUT2D eigenvalue weighted by molar-refractivity contribution is 5.58. The van der Waals surface area contributed by atoms with Crippen LogP contribution < -0.4 is 10.6 Å². The summed E-state index contributed by atoms with van der Waals surface area (Å²) in [5.74, 6) is 0.656. The third-order valence-electron chi connectivity index (χ3n) is 3.94. The second-order valence-corrected chi connectivity index (χ2v) is 5.79. The highest BCUT2D eigenvalue weighted by Gasteiger charge is 2.36. The molecule has 0 aromatic heterocycles. The lowest BCUT2D eigenvalue weighted by Gasteiger charge is -2.28. The Morgan fingerprint density at radius 3 is 2.61 bits per heavy atom. The molecule has 1 aromatic rings. The Balaban J connectivity index is 1.95. The molecule has 2 aliphatic carbocycles. The van der Waals surface area contributed by atoms with Gasteiger partial charge in [0.2, 0.25) is 0 Å². The SMILES string of the molecule is C[C@H](N)c1cccc(F)c1N(CC1CC1)C1CC1. The van der Waals surface area contributed by atoms with E-state index in [0.29, 0.717) is 6.04 Å². The van der Waals surface area contributed by atoms with Crippen molar-refractivity contribution in [2.45, 2.75) is 44.7 Å². The molecule has 0 radical (unpaired) electrons. The fourth-order valence-electron chi connectivity index (χ4n) is 2.59. The molecule has 0 heterocycles. The smallest absolute Gasteiger partial charge is 0.146 e. The van der Waals surface area contributed by atoms with Crippen molar-refractivity contribution in [3.63, 3.8) is 0 Å². The summed E-state index contributed by atoms with van der Waals surface area (Å²) >= 11 is 0. The molecule has 2 saturated carbocycles. The van der Waals surface area contributed by atoms with Gasteiger partial charge >= 0.3 is 0 Å². The summed E-state index contributed by atoms with van der Waals surface area (Å²) in [7, 11) is 0. The van der Waals surface area contributed by atoms with Crippen molar-refractivity contribution < 1.29 is 4.39 Å². The van der Waals surface area contributed by atoms with Crippen molar-refractivity contribution in [2.24, 2.45) is 11.7 Å².